The van der Waals surface area contributed by atoms with Crippen LogP contribution in [-0.2, 0) is 10.0 Å². The van der Waals surface area contributed by atoms with E-state index in [9.17, 15) is 13.2 Å². The molecule has 9 heteroatoms. The maximum absolute atomic E-state index is 12.0. The van der Waals surface area contributed by atoms with Crippen molar-refractivity contribution >= 4 is 33.7 Å². The summed E-state index contributed by atoms with van der Waals surface area (Å²) in [6.45, 7) is 0. The van der Waals surface area contributed by atoms with Crippen LogP contribution in [0.4, 0.5) is 0 Å². The van der Waals surface area contributed by atoms with Crippen molar-refractivity contribution in [2.75, 3.05) is 7.11 Å². The number of hydrogen-bond donors (Lipinski definition) is 2. The molecular weight excluding hydrogens is 354 g/mol. The molecule has 2 aromatic carbocycles. The van der Waals surface area contributed by atoms with Gasteiger partial charge in [0.25, 0.3) is 5.91 Å². The molecule has 0 bridgehead atoms. The quantitative estimate of drug-likeness (QED) is 0.619. The molecule has 2 rings (SSSR count). The summed E-state index contributed by atoms with van der Waals surface area (Å²) in [6, 6.07) is 10.8. The lowest BCUT2D eigenvalue weighted by Gasteiger charge is -2.05. The van der Waals surface area contributed by atoms with Crippen molar-refractivity contribution in [3.05, 3.63) is 58.6 Å². The van der Waals surface area contributed by atoms with Gasteiger partial charge in [-0.2, -0.15) is 5.10 Å². The van der Waals surface area contributed by atoms with E-state index in [1.54, 1.807) is 24.3 Å². The number of carbonyl (C=O) groups is 1. The first-order valence-corrected chi connectivity index (χ1v) is 8.54. The van der Waals surface area contributed by atoms with Gasteiger partial charge in [-0.05, 0) is 30.3 Å². The zero-order chi connectivity index (χ0) is 17.7. The Hall–Kier alpha value is -2.42. The second-order valence-corrected chi connectivity index (χ2v) is 6.57. The van der Waals surface area contributed by atoms with E-state index < -0.39 is 15.9 Å². The number of ether oxygens (including phenoxy) is 1. The van der Waals surface area contributed by atoms with E-state index in [-0.39, 0.29) is 15.5 Å². The Morgan fingerprint density at radius 2 is 2.00 bits per heavy atom. The van der Waals surface area contributed by atoms with E-state index in [2.05, 4.69) is 10.5 Å². The average molecular weight is 368 g/mol. The third-order valence-electron chi connectivity index (χ3n) is 3.01. The number of nitrogens with two attached hydrogens (primary N) is 1. The molecule has 0 radical (unpaired) electrons. The molecule has 0 aliphatic carbocycles. The summed E-state index contributed by atoms with van der Waals surface area (Å²) in [7, 11) is -2.51. The lowest BCUT2D eigenvalue weighted by molar-refractivity contribution is 0.0955. The molecule has 0 aromatic heterocycles. The number of hydrogen-bond acceptors (Lipinski definition) is 5. The van der Waals surface area contributed by atoms with Gasteiger partial charge in [-0.25, -0.2) is 19.0 Å². The molecule has 0 saturated carbocycles. The molecule has 0 atom stereocenters. The Morgan fingerprint density at radius 3 is 2.67 bits per heavy atom. The predicted molar refractivity (Wildman–Crippen MR) is 90.9 cm³/mol. The van der Waals surface area contributed by atoms with Crippen molar-refractivity contribution in [1.29, 1.82) is 0 Å². The van der Waals surface area contributed by atoms with Crippen molar-refractivity contribution in [2.24, 2.45) is 10.2 Å². The second kappa shape index (κ2) is 7.43. The highest BCUT2D eigenvalue weighted by Gasteiger charge is 2.16. The number of benzene rings is 2. The van der Waals surface area contributed by atoms with E-state index in [1.807, 2.05) is 0 Å². The summed E-state index contributed by atoms with van der Waals surface area (Å²) >= 11 is 5.77. The summed E-state index contributed by atoms with van der Waals surface area (Å²) in [5.74, 6) is -0.0128. The number of hydrazone groups is 1. The Balaban J connectivity index is 2.17. The molecule has 0 aliphatic heterocycles. The van der Waals surface area contributed by atoms with Crippen molar-refractivity contribution in [1.82, 2.24) is 5.43 Å². The number of para-hydroxylation sites is 1. The largest absolute Gasteiger partial charge is 0.496 e. The van der Waals surface area contributed by atoms with Crippen LogP contribution in [0.1, 0.15) is 15.9 Å². The Morgan fingerprint density at radius 1 is 1.29 bits per heavy atom. The predicted octanol–water partition coefficient (Wildman–Crippen LogP) is 1.76. The van der Waals surface area contributed by atoms with Gasteiger partial charge in [0.15, 0.2) is 0 Å². The first-order chi connectivity index (χ1) is 11.3. The van der Waals surface area contributed by atoms with Crippen molar-refractivity contribution < 1.29 is 17.9 Å². The fraction of sp³-hybridized carbons (Fsp3) is 0.0667. The number of nitrogens with one attached hydrogen (secondary N) is 1. The van der Waals surface area contributed by atoms with Gasteiger partial charge < -0.3 is 4.74 Å². The van der Waals surface area contributed by atoms with Crippen molar-refractivity contribution in [2.45, 2.75) is 4.90 Å². The number of amides is 1. The monoisotopic (exact) mass is 367 g/mol. The minimum Gasteiger partial charge on any atom is -0.496 e. The number of rotatable bonds is 5. The normalized spacial score (nSPS) is 11.5. The SMILES string of the molecule is COc1ccccc1/C=N/NC(=O)c1ccc(Cl)c(S(N)(=O)=O)c1. The fourth-order valence-electron chi connectivity index (χ4n) is 1.86. The van der Waals surface area contributed by atoms with Gasteiger partial charge in [0, 0.05) is 11.1 Å². The summed E-state index contributed by atoms with van der Waals surface area (Å²) in [4.78, 5) is 11.7. The van der Waals surface area contributed by atoms with Gasteiger partial charge in [-0.3, -0.25) is 4.79 Å². The van der Waals surface area contributed by atoms with Crippen LogP contribution in [0.2, 0.25) is 5.02 Å². The molecule has 7 nitrogen and oxygen atoms in total. The molecule has 1 amide bonds. The van der Waals surface area contributed by atoms with Crippen LogP contribution in [-0.4, -0.2) is 27.6 Å². The van der Waals surface area contributed by atoms with Gasteiger partial charge in [0.1, 0.15) is 10.6 Å². The Bertz CT molecular complexity index is 897. The maximum Gasteiger partial charge on any atom is 0.271 e. The molecule has 0 saturated heterocycles. The summed E-state index contributed by atoms with van der Waals surface area (Å²) in [5, 5.41) is 8.81. The highest BCUT2D eigenvalue weighted by atomic mass is 35.5. The van der Waals surface area contributed by atoms with Gasteiger partial charge in [0.05, 0.1) is 18.3 Å². The van der Waals surface area contributed by atoms with Gasteiger partial charge in [-0.15, -0.1) is 0 Å². The standard InChI is InChI=1S/C15H14ClN3O4S/c1-23-13-5-3-2-4-11(13)9-18-19-15(20)10-6-7-12(16)14(8-10)24(17,21)22/h2-9H,1H3,(H,19,20)(H2,17,21,22)/b18-9+. The van der Waals surface area contributed by atoms with Crippen LogP contribution in [0.25, 0.3) is 0 Å². The fourth-order valence-corrected chi connectivity index (χ4v) is 2.93. The summed E-state index contributed by atoms with van der Waals surface area (Å²) < 4.78 is 28.0. The minimum atomic E-state index is -4.03. The van der Waals surface area contributed by atoms with Crippen LogP contribution in [0.3, 0.4) is 0 Å². The van der Waals surface area contributed by atoms with Crippen LogP contribution < -0.4 is 15.3 Å². The van der Waals surface area contributed by atoms with Gasteiger partial charge in [-0.1, -0.05) is 23.7 Å². The van der Waals surface area contributed by atoms with E-state index in [1.165, 1.54) is 25.5 Å². The molecule has 0 aliphatic rings. The van der Waals surface area contributed by atoms with Gasteiger partial charge in [0.2, 0.25) is 10.0 Å². The molecule has 0 fully saturated rings. The minimum absolute atomic E-state index is 0.0561. The molecule has 0 unspecified atom stereocenters. The summed E-state index contributed by atoms with van der Waals surface area (Å²) in [6.07, 6.45) is 1.41. The van der Waals surface area contributed by atoms with Crippen LogP contribution in [0.5, 0.6) is 5.75 Å². The molecule has 2 aromatic rings. The van der Waals surface area contributed by atoms with Gasteiger partial charge >= 0.3 is 0 Å². The van der Waals surface area contributed by atoms with Crippen LogP contribution in [0, 0.1) is 0 Å². The third-order valence-corrected chi connectivity index (χ3v) is 4.40. The topological polar surface area (TPSA) is 111 Å². The molecule has 24 heavy (non-hydrogen) atoms. The number of methoxy groups -OCH3 is 1. The zero-order valence-corrected chi connectivity index (χ0v) is 14.1. The van der Waals surface area contributed by atoms with Crippen molar-refractivity contribution in [3.63, 3.8) is 0 Å². The molecular formula is C15H14ClN3O4S. The smallest absolute Gasteiger partial charge is 0.271 e. The van der Waals surface area contributed by atoms with E-state index in [4.69, 9.17) is 21.5 Å². The highest BCUT2D eigenvalue weighted by molar-refractivity contribution is 7.89. The lowest BCUT2D eigenvalue weighted by atomic mass is 10.2. The first-order valence-electron chi connectivity index (χ1n) is 6.61. The lowest BCUT2D eigenvalue weighted by Crippen LogP contribution is -2.19. The average Bonchev–Trinajstić information content (AvgIpc) is 2.54. The maximum atomic E-state index is 12.0. The highest BCUT2D eigenvalue weighted by Crippen LogP contribution is 2.21. The molecule has 0 spiro atoms. The molecule has 126 valence electrons. The number of nitrogens with zero attached hydrogens (tertiary/aromatic N) is 1. The van der Waals surface area contributed by atoms with E-state index in [0.717, 1.165) is 6.07 Å². The van der Waals surface area contributed by atoms with Crippen LogP contribution in [0.15, 0.2) is 52.5 Å². The number of halogens is 1. The Labute approximate surface area is 144 Å². The number of sulfonamides is 1. The zero-order valence-electron chi connectivity index (χ0n) is 12.6. The Kier molecular flexibility index (Phi) is 5.55. The van der Waals surface area contributed by atoms with Crippen molar-refractivity contribution in [3.8, 4) is 5.75 Å². The second-order valence-electron chi connectivity index (χ2n) is 4.63. The van der Waals surface area contributed by atoms with E-state index >= 15 is 0 Å². The number of carbonyl (C=O) groups excluding carboxylic acids is 1. The third kappa shape index (κ3) is 4.31. The van der Waals surface area contributed by atoms with E-state index in [0.29, 0.717) is 11.3 Å². The van der Waals surface area contributed by atoms with Crippen LogP contribution >= 0.6 is 11.6 Å². The number of primary sulfonamides is 1. The first kappa shape index (κ1) is 17.9. The molecule has 3 N–H and O–H groups in total. The molecule has 0 heterocycles. The summed E-state index contributed by atoms with van der Waals surface area (Å²) in [5.41, 5.74) is 3.02.